The van der Waals surface area contributed by atoms with E-state index < -0.39 is 10.0 Å². The van der Waals surface area contributed by atoms with E-state index in [4.69, 9.17) is 4.98 Å². The summed E-state index contributed by atoms with van der Waals surface area (Å²) in [5.74, 6) is 0.967. The normalized spacial score (nSPS) is 16.1. The van der Waals surface area contributed by atoms with Gasteiger partial charge in [0.25, 0.3) is 0 Å². The molecule has 3 aromatic rings. The molecule has 0 atom stereocenters. The number of piperidine rings is 1. The highest BCUT2D eigenvalue weighted by Crippen LogP contribution is 2.25. The fourth-order valence-corrected chi connectivity index (χ4v) is 6.34. The van der Waals surface area contributed by atoms with Gasteiger partial charge in [0, 0.05) is 31.1 Å². The van der Waals surface area contributed by atoms with Crippen LogP contribution in [0.4, 0.5) is 0 Å². The van der Waals surface area contributed by atoms with E-state index >= 15 is 0 Å². The van der Waals surface area contributed by atoms with Crippen LogP contribution in [0.1, 0.15) is 36.9 Å². The van der Waals surface area contributed by atoms with Gasteiger partial charge < -0.3 is 4.57 Å². The Bertz CT molecular complexity index is 1070. The Kier molecular flexibility index (Phi) is 6.06. The lowest BCUT2D eigenvalue weighted by Gasteiger charge is -2.25. The van der Waals surface area contributed by atoms with Crippen molar-refractivity contribution in [2.75, 3.05) is 20.1 Å². The molecule has 0 spiro atoms. The van der Waals surface area contributed by atoms with Crippen molar-refractivity contribution in [3.8, 4) is 0 Å². The van der Waals surface area contributed by atoms with Crippen LogP contribution in [0.5, 0.6) is 0 Å². The van der Waals surface area contributed by atoms with Gasteiger partial charge in [0.2, 0.25) is 10.0 Å². The number of hydrogen-bond donors (Lipinski definition) is 0. The average Bonchev–Trinajstić information content (AvgIpc) is 3.34. The van der Waals surface area contributed by atoms with E-state index in [0.717, 1.165) is 49.2 Å². The Morgan fingerprint density at radius 3 is 2.62 bits per heavy atom. The van der Waals surface area contributed by atoms with Crippen molar-refractivity contribution >= 4 is 32.4 Å². The molecular formula is C21H28N4O2S2. The maximum atomic E-state index is 13.0. The predicted molar refractivity (Wildman–Crippen MR) is 118 cm³/mol. The van der Waals surface area contributed by atoms with E-state index in [1.807, 2.05) is 6.07 Å². The Hall–Kier alpha value is -1.74. The van der Waals surface area contributed by atoms with E-state index in [0.29, 0.717) is 24.5 Å². The standard InChI is InChI=1S/C21H28N4O2S2/c1-3-25-20-10-9-18(29(26,27)24-11-5-4-6-12-24)14-19(20)22-21(25)16-23(2)15-17-8-7-13-28-17/h7-10,13-14H,3-6,11-12,15-16H2,1-2H3. The van der Waals surface area contributed by atoms with Crippen LogP contribution in [0.3, 0.4) is 0 Å². The summed E-state index contributed by atoms with van der Waals surface area (Å²) in [5, 5.41) is 2.09. The summed E-state index contributed by atoms with van der Waals surface area (Å²) < 4.78 is 29.9. The zero-order valence-electron chi connectivity index (χ0n) is 17.0. The average molecular weight is 433 g/mol. The molecule has 0 aliphatic carbocycles. The quantitative estimate of drug-likeness (QED) is 0.568. The molecule has 1 fully saturated rings. The summed E-state index contributed by atoms with van der Waals surface area (Å²) in [4.78, 5) is 8.73. The first kappa shape index (κ1) is 20.5. The van der Waals surface area contributed by atoms with Crippen molar-refractivity contribution in [3.63, 3.8) is 0 Å². The number of benzene rings is 1. The summed E-state index contributed by atoms with van der Waals surface area (Å²) in [6.45, 7) is 5.72. The molecule has 8 heteroatoms. The molecule has 2 aromatic heterocycles. The minimum Gasteiger partial charge on any atom is -0.327 e. The van der Waals surface area contributed by atoms with Gasteiger partial charge >= 0.3 is 0 Å². The zero-order valence-corrected chi connectivity index (χ0v) is 18.7. The number of imidazole rings is 1. The molecule has 0 bridgehead atoms. The molecule has 0 unspecified atom stereocenters. The number of fused-ring (bicyclic) bond motifs is 1. The smallest absolute Gasteiger partial charge is 0.243 e. The first-order valence-corrected chi connectivity index (χ1v) is 12.5. The maximum Gasteiger partial charge on any atom is 0.243 e. The van der Waals surface area contributed by atoms with Crippen LogP contribution in [0, 0.1) is 0 Å². The molecule has 1 saturated heterocycles. The summed E-state index contributed by atoms with van der Waals surface area (Å²) in [6.07, 6.45) is 2.98. The summed E-state index contributed by atoms with van der Waals surface area (Å²) >= 11 is 1.75. The van der Waals surface area contributed by atoms with Gasteiger partial charge in [-0.25, -0.2) is 13.4 Å². The number of aromatic nitrogens is 2. The van der Waals surface area contributed by atoms with Crippen LogP contribution in [-0.2, 0) is 29.7 Å². The van der Waals surface area contributed by atoms with Crippen LogP contribution >= 0.6 is 11.3 Å². The number of nitrogens with zero attached hydrogens (tertiary/aromatic N) is 4. The third kappa shape index (κ3) is 4.26. The Balaban J connectivity index is 1.62. The number of thiophene rings is 1. The second kappa shape index (κ2) is 8.55. The predicted octanol–water partition coefficient (Wildman–Crippen LogP) is 3.92. The van der Waals surface area contributed by atoms with Gasteiger partial charge in [-0.15, -0.1) is 11.3 Å². The van der Waals surface area contributed by atoms with Crippen molar-refractivity contribution in [2.24, 2.45) is 0 Å². The summed E-state index contributed by atoms with van der Waals surface area (Å²) in [6, 6.07) is 9.60. The van der Waals surface area contributed by atoms with Gasteiger partial charge in [0.15, 0.2) is 0 Å². The topological polar surface area (TPSA) is 58.4 Å². The summed E-state index contributed by atoms with van der Waals surface area (Å²) in [5.41, 5.74) is 1.74. The number of sulfonamides is 1. The fraction of sp³-hybridized carbons (Fsp3) is 0.476. The van der Waals surface area contributed by atoms with E-state index in [1.165, 1.54) is 4.88 Å². The largest absolute Gasteiger partial charge is 0.327 e. The molecule has 4 rings (SSSR count). The lowest BCUT2D eigenvalue weighted by Crippen LogP contribution is -2.35. The molecule has 1 aliphatic rings. The molecule has 0 amide bonds. The number of aryl methyl sites for hydroxylation is 1. The first-order valence-electron chi connectivity index (χ1n) is 10.2. The van der Waals surface area contributed by atoms with E-state index in [1.54, 1.807) is 27.8 Å². The molecule has 0 radical (unpaired) electrons. The van der Waals surface area contributed by atoms with Crippen molar-refractivity contribution in [1.29, 1.82) is 0 Å². The van der Waals surface area contributed by atoms with Crippen LogP contribution in [0.25, 0.3) is 11.0 Å². The highest BCUT2D eigenvalue weighted by atomic mass is 32.2. The Morgan fingerprint density at radius 2 is 1.93 bits per heavy atom. The first-order chi connectivity index (χ1) is 14.0. The molecular weight excluding hydrogens is 404 g/mol. The second-order valence-corrected chi connectivity index (χ2v) is 10.6. The third-order valence-electron chi connectivity index (χ3n) is 5.48. The number of rotatable bonds is 7. The van der Waals surface area contributed by atoms with Crippen molar-refractivity contribution in [1.82, 2.24) is 18.8 Å². The second-order valence-electron chi connectivity index (χ2n) is 7.64. The molecule has 1 aliphatic heterocycles. The molecule has 0 saturated carbocycles. The molecule has 6 nitrogen and oxygen atoms in total. The van der Waals surface area contributed by atoms with E-state index in [9.17, 15) is 8.42 Å². The maximum absolute atomic E-state index is 13.0. The third-order valence-corrected chi connectivity index (χ3v) is 8.24. The summed E-state index contributed by atoms with van der Waals surface area (Å²) in [7, 11) is -1.36. The van der Waals surface area contributed by atoms with Crippen molar-refractivity contribution in [2.45, 2.75) is 50.7 Å². The minimum absolute atomic E-state index is 0.353. The highest BCUT2D eigenvalue weighted by molar-refractivity contribution is 7.89. The molecule has 3 heterocycles. The minimum atomic E-state index is -3.45. The van der Waals surface area contributed by atoms with Gasteiger partial charge in [0.05, 0.1) is 22.5 Å². The van der Waals surface area contributed by atoms with E-state index in [2.05, 4.69) is 41.0 Å². The van der Waals surface area contributed by atoms with Crippen molar-refractivity contribution in [3.05, 3.63) is 46.4 Å². The molecule has 156 valence electrons. The van der Waals surface area contributed by atoms with Gasteiger partial charge in [-0.05, 0) is 56.5 Å². The van der Waals surface area contributed by atoms with Crippen LogP contribution in [0.15, 0.2) is 40.6 Å². The van der Waals surface area contributed by atoms with Gasteiger partial charge in [0.1, 0.15) is 5.82 Å². The number of hydrogen-bond acceptors (Lipinski definition) is 5. The fourth-order valence-electron chi connectivity index (χ4n) is 4.01. The molecule has 0 N–H and O–H groups in total. The van der Waals surface area contributed by atoms with E-state index in [-0.39, 0.29) is 0 Å². The van der Waals surface area contributed by atoms with Gasteiger partial charge in [-0.3, -0.25) is 4.90 Å². The Morgan fingerprint density at radius 1 is 1.14 bits per heavy atom. The lowest BCUT2D eigenvalue weighted by molar-refractivity contribution is 0.309. The molecule has 1 aromatic carbocycles. The van der Waals surface area contributed by atoms with Crippen LogP contribution < -0.4 is 0 Å². The lowest BCUT2D eigenvalue weighted by atomic mass is 10.2. The Labute approximate surface area is 176 Å². The SMILES string of the molecule is CCn1c(CN(C)Cc2cccs2)nc2cc(S(=O)(=O)N3CCCCC3)ccc21. The van der Waals surface area contributed by atoms with Crippen LogP contribution in [0.2, 0.25) is 0 Å². The van der Waals surface area contributed by atoms with Crippen molar-refractivity contribution < 1.29 is 8.42 Å². The highest BCUT2D eigenvalue weighted by Gasteiger charge is 2.26. The monoisotopic (exact) mass is 432 g/mol. The molecule has 29 heavy (non-hydrogen) atoms. The van der Waals surface area contributed by atoms with Gasteiger partial charge in [-0.2, -0.15) is 4.31 Å². The van der Waals surface area contributed by atoms with Gasteiger partial charge in [-0.1, -0.05) is 12.5 Å². The zero-order chi connectivity index (χ0) is 20.4. The van der Waals surface area contributed by atoms with Crippen LogP contribution in [-0.4, -0.2) is 47.3 Å².